The number of halogens is 2. The standard InChI is InChI=1S/C43H50F2N5O12PS2/c1-25(2)15-38(52)64-14-13-60-63(57,61-24-59-42(56)62-31-22-58-23-31)43(44,45)29-7-10-35-27(16-29)17-36(65-35)39(53)48-33-6-4-3-5-30-8-9-34(50(30)40(33)54)41(55)49-20-28(19-46)32(21-49)26-11-12-47-37(51)18-26/h7,10-12,16-18,25,28,30-34H,3-6,8-9,13-15,20-24H2,1-2H3,(H,47,51)(H,48,53)/t28-,30+,32+,33?,34+,63?/m1/s1. The highest BCUT2D eigenvalue weighted by Crippen LogP contribution is 2.67. The van der Waals surface area contributed by atoms with E-state index in [1.165, 1.54) is 24.4 Å². The van der Waals surface area contributed by atoms with Gasteiger partial charge in [0.05, 0.1) is 36.7 Å². The summed E-state index contributed by atoms with van der Waals surface area (Å²) in [4.78, 5) is 84.5. The summed E-state index contributed by atoms with van der Waals surface area (Å²) in [6.07, 6.45) is 3.29. The van der Waals surface area contributed by atoms with Gasteiger partial charge in [-0.15, -0.1) is 11.3 Å². The Bertz CT molecular complexity index is 2420. The molecule has 4 fully saturated rings. The van der Waals surface area contributed by atoms with E-state index in [9.17, 15) is 38.6 Å². The van der Waals surface area contributed by atoms with Crippen LogP contribution in [0.4, 0.5) is 13.6 Å². The average Bonchev–Trinajstić information content (AvgIpc) is 4.00. The lowest BCUT2D eigenvalue weighted by Gasteiger charge is -2.36. The van der Waals surface area contributed by atoms with Crippen LogP contribution in [0.25, 0.3) is 10.1 Å². The number of fused-ring (bicyclic) bond motifs is 2. The second-order valence-corrected chi connectivity index (χ2v) is 21.2. The zero-order valence-corrected chi connectivity index (χ0v) is 38.3. The molecule has 4 saturated heterocycles. The number of pyridine rings is 1. The minimum atomic E-state index is -5.48. The number of H-pyrrole nitrogens is 1. The monoisotopic (exact) mass is 961 g/mol. The van der Waals surface area contributed by atoms with E-state index < -0.39 is 74.3 Å². The van der Waals surface area contributed by atoms with Crippen molar-refractivity contribution in [1.82, 2.24) is 20.1 Å². The third kappa shape index (κ3) is 11.1. The number of nitriles is 1. The van der Waals surface area contributed by atoms with Gasteiger partial charge in [0.15, 0.2) is 11.2 Å². The highest BCUT2D eigenvalue weighted by molar-refractivity contribution is 8.13. The van der Waals surface area contributed by atoms with Gasteiger partial charge in [-0.05, 0) is 66.8 Å². The number of aromatic nitrogens is 1. The van der Waals surface area contributed by atoms with Crippen molar-refractivity contribution >= 4 is 69.8 Å². The number of nitrogens with one attached hydrogen (secondary N) is 2. The van der Waals surface area contributed by atoms with Gasteiger partial charge in [-0.3, -0.25) is 33.1 Å². The molecular formula is C43H50F2N5O12PS2. The van der Waals surface area contributed by atoms with Crippen molar-refractivity contribution in [3.63, 3.8) is 0 Å². The molecular weight excluding hydrogens is 912 g/mol. The Balaban J connectivity index is 1.04. The third-order valence-electron chi connectivity index (χ3n) is 11.8. The SMILES string of the molecule is CC(C)CC(=O)SCCOP(=O)(OCOC(=O)OC1COC1)C(F)(F)c1ccc2sc(C(=O)NC3CCCC[C@H]4CC[C@@H](C(=O)N5C[C@@H](C#N)[C@H](c6cc[nH]c(=O)c6)C5)N4C3=O)cc2c1. The maximum atomic E-state index is 16.4. The van der Waals surface area contributed by atoms with Gasteiger partial charge in [-0.1, -0.05) is 44.5 Å². The lowest BCUT2D eigenvalue weighted by molar-refractivity contribution is -0.146. The Morgan fingerprint density at radius 1 is 1.06 bits per heavy atom. The van der Waals surface area contributed by atoms with Crippen LogP contribution in [0.15, 0.2) is 47.4 Å². The number of carbonyl (C=O) groups is 5. The van der Waals surface area contributed by atoms with Crippen molar-refractivity contribution in [3.05, 3.63) is 69.0 Å². The van der Waals surface area contributed by atoms with Crippen LogP contribution >= 0.6 is 30.7 Å². The summed E-state index contributed by atoms with van der Waals surface area (Å²) in [6.45, 7) is 2.55. The van der Waals surface area contributed by atoms with E-state index in [2.05, 4.69) is 16.4 Å². The lowest BCUT2D eigenvalue weighted by atomic mass is 9.91. The van der Waals surface area contributed by atoms with E-state index in [-0.39, 0.29) is 83.2 Å². The first-order valence-corrected chi connectivity index (χ1v) is 24.8. The summed E-state index contributed by atoms with van der Waals surface area (Å²) in [5.41, 5.74) is -4.77. The number of benzene rings is 1. The van der Waals surface area contributed by atoms with Gasteiger partial charge < -0.3 is 38.8 Å². The van der Waals surface area contributed by atoms with Crippen molar-refractivity contribution in [2.24, 2.45) is 11.8 Å². The van der Waals surface area contributed by atoms with Gasteiger partial charge in [-0.25, -0.2) is 4.79 Å². The van der Waals surface area contributed by atoms with Crippen molar-refractivity contribution in [2.75, 3.05) is 45.5 Å². The second-order valence-electron chi connectivity index (χ2n) is 16.8. The summed E-state index contributed by atoms with van der Waals surface area (Å²) in [7, 11) is -5.48. The van der Waals surface area contributed by atoms with Crippen LogP contribution in [-0.2, 0) is 47.9 Å². The zero-order chi connectivity index (χ0) is 46.5. The van der Waals surface area contributed by atoms with E-state index in [0.717, 1.165) is 41.7 Å². The molecule has 3 aromatic rings. The Morgan fingerprint density at radius 3 is 2.57 bits per heavy atom. The molecule has 7 rings (SSSR count). The van der Waals surface area contributed by atoms with E-state index in [4.69, 9.17) is 23.3 Å². The topological polar surface area (TPSA) is 224 Å². The summed E-state index contributed by atoms with van der Waals surface area (Å²) in [5, 5.41) is 12.8. The molecule has 2 aromatic heterocycles. The Labute approximate surface area is 381 Å². The van der Waals surface area contributed by atoms with E-state index in [0.29, 0.717) is 42.4 Å². The zero-order valence-electron chi connectivity index (χ0n) is 35.7. The van der Waals surface area contributed by atoms with Crippen LogP contribution in [0.1, 0.15) is 85.5 Å². The van der Waals surface area contributed by atoms with Crippen LogP contribution in [0.2, 0.25) is 0 Å². The van der Waals surface area contributed by atoms with E-state index >= 15 is 8.78 Å². The fourth-order valence-electron chi connectivity index (χ4n) is 8.49. The number of carbonyl (C=O) groups excluding carboxylic acids is 5. The predicted molar refractivity (Wildman–Crippen MR) is 233 cm³/mol. The number of likely N-dealkylation sites (tertiary alicyclic amines) is 1. The molecule has 4 aliphatic rings. The number of alkyl halides is 2. The number of amides is 3. The van der Waals surface area contributed by atoms with Gasteiger partial charge in [0.2, 0.25) is 24.2 Å². The van der Waals surface area contributed by atoms with Gasteiger partial charge in [0.1, 0.15) is 12.1 Å². The van der Waals surface area contributed by atoms with Crippen molar-refractivity contribution in [2.45, 2.75) is 94.6 Å². The molecule has 6 atom stereocenters. The van der Waals surface area contributed by atoms with Gasteiger partial charge >= 0.3 is 19.4 Å². The first kappa shape index (κ1) is 48.2. The molecule has 0 bridgehead atoms. The normalized spacial score (nSPS) is 23.5. The quantitative estimate of drug-likeness (QED) is 0.0679. The molecule has 2 N–H and O–H groups in total. The molecule has 4 aliphatic heterocycles. The fourth-order valence-corrected chi connectivity index (χ4v) is 11.8. The van der Waals surface area contributed by atoms with Crippen LogP contribution in [0.5, 0.6) is 0 Å². The van der Waals surface area contributed by atoms with Crippen LogP contribution < -0.4 is 10.9 Å². The number of nitrogens with zero attached hydrogens (tertiary/aromatic N) is 3. The number of aromatic amines is 1. The first-order valence-electron chi connectivity index (χ1n) is 21.4. The molecule has 65 heavy (non-hydrogen) atoms. The summed E-state index contributed by atoms with van der Waals surface area (Å²) >= 11 is 1.82. The Kier molecular flexibility index (Phi) is 15.5. The van der Waals surface area contributed by atoms with Crippen molar-refractivity contribution in [3.8, 4) is 6.07 Å². The minimum absolute atomic E-state index is 0.0648. The van der Waals surface area contributed by atoms with Gasteiger partial charge in [0.25, 0.3) is 5.91 Å². The van der Waals surface area contributed by atoms with Crippen LogP contribution in [0, 0.1) is 23.2 Å². The molecule has 22 heteroatoms. The summed E-state index contributed by atoms with van der Waals surface area (Å²) < 4.78 is 71.9. The molecule has 17 nitrogen and oxygen atoms in total. The number of thioether (sulfide) groups is 1. The van der Waals surface area contributed by atoms with Crippen molar-refractivity contribution in [1.29, 1.82) is 5.26 Å². The molecule has 3 amide bonds. The number of rotatable bonds is 16. The Hall–Kier alpha value is -4.71. The predicted octanol–water partition coefficient (Wildman–Crippen LogP) is 6.48. The maximum Gasteiger partial charge on any atom is 0.510 e. The van der Waals surface area contributed by atoms with Gasteiger partial charge in [0, 0.05) is 59.7 Å². The molecule has 0 radical (unpaired) electrons. The number of thiophene rings is 1. The average molecular weight is 962 g/mol. The smallest absolute Gasteiger partial charge is 0.426 e. The molecule has 6 heterocycles. The number of hydrogen-bond donors (Lipinski definition) is 2. The molecule has 0 aliphatic carbocycles. The van der Waals surface area contributed by atoms with Crippen LogP contribution in [0.3, 0.4) is 0 Å². The minimum Gasteiger partial charge on any atom is -0.426 e. The first-order chi connectivity index (χ1) is 31.1. The van der Waals surface area contributed by atoms with Crippen molar-refractivity contribution < 1.29 is 60.6 Å². The molecule has 0 spiro atoms. The third-order valence-corrected chi connectivity index (χ3v) is 15.7. The largest absolute Gasteiger partial charge is 0.510 e. The second kappa shape index (κ2) is 20.9. The van der Waals surface area contributed by atoms with E-state index in [1.54, 1.807) is 15.9 Å². The highest BCUT2D eigenvalue weighted by Gasteiger charge is 2.56. The highest BCUT2D eigenvalue weighted by atomic mass is 32.2. The van der Waals surface area contributed by atoms with Crippen LogP contribution in [-0.4, -0.2) is 113 Å². The number of ether oxygens (including phenoxy) is 3. The Morgan fingerprint density at radius 2 is 1.85 bits per heavy atom. The lowest BCUT2D eigenvalue weighted by Crippen LogP contribution is -2.56. The molecule has 0 saturated carbocycles. The molecule has 2 unspecified atom stereocenters. The molecule has 350 valence electrons. The number of hydrogen-bond acceptors (Lipinski definition) is 15. The maximum absolute atomic E-state index is 16.4. The summed E-state index contributed by atoms with van der Waals surface area (Å²) in [5.74, 6) is -2.29. The fraction of sp³-hybridized carbons (Fsp3) is 0.558. The van der Waals surface area contributed by atoms with Gasteiger partial charge in [-0.2, -0.15) is 14.0 Å². The summed E-state index contributed by atoms with van der Waals surface area (Å²) in [6, 6.07) is 8.14. The van der Waals surface area contributed by atoms with E-state index in [1.807, 2.05) is 13.8 Å². The molecule has 1 aromatic carbocycles.